The van der Waals surface area contributed by atoms with Gasteiger partial charge in [0.1, 0.15) is 5.82 Å². The van der Waals surface area contributed by atoms with Gasteiger partial charge in [-0.15, -0.1) is 24.0 Å². The maximum atomic E-state index is 4.97. The van der Waals surface area contributed by atoms with Gasteiger partial charge in [-0.1, -0.05) is 37.3 Å². The lowest BCUT2D eigenvalue weighted by Crippen LogP contribution is -2.47. The quantitative estimate of drug-likeness (QED) is 0.323. The molecule has 2 aliphatic heterocycles. The van der Waals surface area contributed by atoms with Crippen molar-refractivity contribution in [3.05, 3.63) is 47.5 Å². The van der Waals surface area contributed by atoms with Crippen LogP contribution in [0.2, 0.25) is 0 Å². The monoisotopic (exact) mass is 537 g/mol. The largest absolute Gasteiger partial charge is 0.357 e. The van der Waals surface area contributed by atoms with Crippen LogP contribution in [-0.4, -0.2) is 57.3 Å². The number of rotatable bonds is 7. The van der Waals surface area contributed by atoms with Gasteiger partial charge in [-0.05, 0) is 38.3 Å². The molecule has 7 nitrogen and oxygen atoms in total. The summed E-state index contributed by atoms with van der Waals surface area (Å²) in [6, 6.07) is 11.6. The van der Waals surface area contributed by atoms with Crippen LogP contribution in [0.25, 0.3) is 0 Å². The molecular formula is C23H36IN7. The first-order chi connectivity index (χ1) is 14.7. The predicted molar refractivity (Wildman–Crippen MR) is 136 cm³/mol. The van der Waals surface area contributed by atoms with E-state index in [1.807, 2.05) is 0 Å². The Morgan fingerprint density at radius 3 is 2.81 bits per heavy atom. The molecule has 31 heavy (non-hydrogen) atoms. The molecule has 0 spiro atoms. The number of nitrogens with zero attached hydrogens (tertiary/aromatic N) is 5. The topological polar surface area (TPSA) is 70.4 Å². The number of guanidine groups is 1. The third-order valence-electron chi connectivity index (χ3n) is 6.09. The van der Waals surface area contributed by atoms with Crippen LogP contribution >= 0.6 is 24.0 Å². The summed E-state index contributed by atoms with van der Waals surface area (Å²) in [5.74, 6) is 2.99. The van der Waals surface area contributed by atoms with Crippen molar-refractivity contribution in [2.75, 3.05) is 19.6 Å². The van der Waals surface area contributed by atoms with Gasteiger partial charge >= 0.3 is 0 Å². The lowest BCUT2D eigenvalue weighted by molar-refractivity contribution is 0.250. The summed E-state index contributed by atoms with van der Waals surface area (Å²) in [6.07, 6.45) is 5.41. The van der Waals surface area contributed by atoms with E-state index >= 15 is 0 Å². The first-order valence-corrected chi connectivity index (χ1v) is 11.5. The van der Waals surface area contributed by atoms with Crippen LogP contribution in [0.15, 0.2) is 35.3 Å². The van der Waals surface area contributed by atoms with Crippen molar-refractivity contribution in [1.82, 2.24) is 30.3 Å². The Hall–Kier alpha value is -1.68. The zero-order valence-electron chi connectivity index (χ0n) is 18.8. The van der Waals surface area contributed by atoms with Gasteiger partial charge in [-0.3, -0.25) is 9.89 Å². The van der Waals surface area contributed by atoms with Crippen LogP contribution < -0.4 is 10.6 Å². The molecule has 1 saturated heterocycles. The minimum atomic E-state index is 0. The Morgan fingerprint density at radius 1 is 1.19 bits per heavy atom. The van der Waals surface area contributed by atoms with Crippen LogP contribution in [0.3, 0.4) is 0 Å². The Labute approximate surface area is 203 Å². The van der Waals surface area contributed by atoms with Gasteiger partial charge in [0.25, 0.3) is 0 Å². The zero-order chi connectivity index (χ0) is 20.8. The number of fused-ring (bicyclic) bond motifs is 1. The van der Waals surface area contributed by atoms with E-state index in [9.17, 15) is 0 Å². The Kier molecular flexibility index (Phi) is 9.13. The number of aryl methyl sites for hydroxylation is 2. The van der Waals surface area contributed by atoms with Crippen molar-refractivity contribution in [2.24, 2.45) is 4.99 Å². The number of likely N-dealkylation sites (tertiary alicyclic amines) is 1. The molecule has 1 aromatic carbocycles. The molecule has 2 aromatic rings. The average Bonchev–Trinajstić information content (AvgIpc) is 3.39. The van der Waals surface area contributed by atoms with Gasteiger partial charge in [0.05, 0.1) is 13.1 Å². The molecule has 0 radical (unpaired) electrons. The highest BCUT2D eigenvalue weighted by Crippen LogP contribution is 2.20. The van der Waals surface area contributed by atoms with E-state index < -0.39 is 0 Å². The predicted octanol–water partition coefficient (Wildman–Crippen LogP) is 2.99. The van der Waals surface area contributed by atoms with Crippen molar-refractivity contribution in [3.63, 3.8) is 0 Å². The van der Waals surface area contributed by atoms with E-state index in [-0.39, 0.29) is 24.0 Å². The number of aliphatic imine (C=N–C) groups is 1. The second-order valence-corrected chi connectivity index (χ2v) is 8.33. The number of hydrogen-bond acceptors (Lipinski definition) is 4. The molecular weight excluding hydrogens is 501 g/mol. The Morgan fingerprint density at radius 2 is 2.03 bits per heavy atom. The number of aromatic nitrogens is 3. The molecule has 2 N–H and O–H groups in total. The average molecular weight is 537 g/mol. The van der Waals surface area contributed by atoms with E-state index in [1.165, 1.54) is 18.4 Å². The summed E-state index contributed by atoms with van der Waals surface area (Å²) in [7, 11) is 0. The lowest BCUT2D eigenvalue weighted by atomic mass is 10.1. The molecule has 0 amide bonds. The second kappa shape index (κ2) is 11.8. The summed E-state index contributed by atoms with van der Waals surface area (Å²) in [5, 5.41) is 11.7. The van der Waals surface area contributed by atoms with Gasteiger partial charge in [-0.2, -0.15) is 5.10 Å². The first-order valence-electron chi connectivity index (χ1n) is 11.5. The fourth-order valence-electron chi connectivity index (χ4n) is 4.47. The molecule has 2 aliphatic rings. The fraction of sp³-hybridized carbons (Fsp3) is 0.609. The van der Waals surface area contributed by atoms with Gasteiger partial charge in [0, 0.05) is 38.0 Å². The van der Waals surface area contributed by atoms with Crippen LogP contribution in [0.4, 0.5) is 0 Å². The third kappa shape index (κ3) is 6.41. The van der Waals surface area contributed by atoms with E-state index in [2.05, 4.69) is 74.5 Å². The van der Waals surface area contributed by atoms with Crippen molar-refractivity contribution in [1.29, 1.82) is 0 Å². The smallest absolute Gasteiger partial charge is 0.191 e. The zero-order valence-corrected chi connectivity index (χ0v) is 21.1. The molecule has 170 valence electrons. The molecule has 2 atom stereocenters. The van der Waals surface area contributed by atoms with Crippen LogP contribution in [0.5, 0.6) is 0 Å². The van der Waals surface area contributed by atoms with Gasteiger partial charge < -0.3 is 10.6 Å². The number of hydrogen-bond donors (Lipinski definition) is 2. The normalized spacial score (nSPS) is 21.4. The van der Waals surface area contributed by atoms with Gasteiger partial charge in [0.2, 0.25) is 0 Å². The van der Waals surface area contributed by atoms with E-state index in [1.54, 1.807) is 0 Å². The number of nitrogens with one attached hydrogen (secondary N) is 2. The highest BCUT2D eigenvalue weighted by molar-refractivity contribution is 14.0. The number of benzene rings is 1. The Balaban J connectivity index is 0.00000272. The van der Waals surface area contributed by atoms with Gasteiger partial charge in [0.15, 0.2) is 11.8 Å². The van der Waals surface area contributed by atoms with Crippen LogP contribution in [0.1, 0.15) is 50.3 Å². The van der Waals surface area contributed by atoms with Crippen molar-refractivity contribution < 1.29 is 0 Å². The molecule has 2 unspecified atom stereocenters. The first kappa shape index (κ1) is 24.0. The maximum Gasteiger partial charge on any atom is 0.191 e. The Bertz CT molecular complexity index is 836. The minimum Gasteiger partial charge on any atom is -0.357 e. The van der Waals surface area contributed by atoms with E-state index in [0.29, 0.717) is 12.1 Å². The molecule has 4 rings (SSSR count). The number of halogens is 1. The maximum absolute atomic E-state index is 4.97. The molecule has 0 saturated carbocycles. The molecule has 8 heteroatoms. The minimum absolute atomic E-state index is 0. The second-order valence-electron chi connectivity index (χ2n) is 8.33. The van der Waals surface area contributed by atoms with Crippen molar-refractivity contribution >= 4 is 29.9 Å². The summed E-state index contributed by atoms with van der Waals surface area (Å²) in [4.78, 5) is 12.2. The van der Waals surface area contributed by atoms with E-state index in [4.69, 9.17) is 4.99 Å². The summed E-state index contributed by atoms with van der Waals surface area (Å²) < 4.78 is 2.07. The van der Waals surface area contributed by atoms with Crippen molar-refractivity contribution in [2.45, 2.75) is 71.1 Å². The molecule has 3 heterocycles. The summed E-state index contributed by atoms with van der Waals surface area (Å²) >= 11 is 0. The molecule has 1 fully saturated rings. The van der Waals surface area contributed by atoms with Crippen LogP contribution in [0, 0.1) is 0 Å². The molecule has 0 aliphatic carbocycles. The molecule has 1 aromatic heterocycles. The fourth-order valence-corrected chi connectivity index (χ4v) is 4.47. The van der Waals surface area contributed by atoms with Crippen molar-refractivity contribution in [3.8, 4) is 0 Å². The van der Waals surface area contributed by atoms with Crippen LogP contribution in [-0.2, 0) is 25.9 Å². The SMILES string of the molecule is CCNC(=NCC1CCCN1Cc1ccccc1)NC1CCc2nc(CC)nn2C1.I. The van der Waals surface area contributed by atoms with E-state index in [0.717, 1.165) is 69.6 Å². The third-order valence-corrected chi connectivity index (χ3v) is 6.09. The standard InChI is InChI=1S/C23H35N7.HI/c1-3-21-27-22-13-12-19(17-30(22)28-21)26-23(24-4-2)25-15-20-11-8-14-29(20)16-18-9-6-5-7-10-18;/h5-7,9-10,19-20H,3-4,8,11-17H2,1-2H3,(H2,24,25,26);1H. The summed E-state index contributed by atoms with van der Waals surface area (Å²) in [6.45, 7) is 8.97. The highest BCUT2D eigenvalue weighted by Gasteiger charge is 2.25. The highest BCUT2D eigenvalue weighted by atomic mass is 127. The van der Waals surface area contributed by atoms with Gasteiger partial charge in [-0.25, -0.2) is 9.67 Å². The summed E-state index contributed by atoms with van der Waals surface area (Å²) in [5.41, 5.74) is 1.38. The lowest BCUT2D eigenvalue weighted by Gasteiger charge is -2.26. The molecule has 0 bridgehead atoms.